The molecule has 0 saturated heterocycles. The molecule has 94 valence electrons. The molecule has 0 aliphatic carbocycles. The van der Waals surface area contributed by atoms with E-state index in [1.165, 1.54) is 5.56 Å². The van der Waals surface area contributed by atoms with Crippen LogP contribution in [0.15, 0.2) is 47.1 Å². The van der Waals surface area contributed by atoms with Crippen molar-refractivity contribution in [1.82, 2.24) is 10.3 Å². The molecular weight excluding hydrogens is 312 g/mol. The van der Waals surface area contributed by atoms with Crippen LogP contribution in [0.25, 0.3) is 0 Å². The van der Waals surface area contributed by atoms with E-state index in [0.717, 1.165) is 16.6 Å². The van der Waals surface area contributed by atoms with Crippen molar-refractivity contribution in [1.29, 1.82) is 0 Å². The van der Waals surface area contributed by atoms with Crippen molar-refractivity contribution < 1.29 is 0 Å². The number of pyridine rings is 1. The van der Waals surface area contributed by atoms with E-state index in [1.54, 1.807) is 6.20 Å². The van der Waals surface area contributed by atoms with Gasteiger partial charge < -0.3 is 5.32 Å². The predicted octanol–water partition coefficient (Wildman–Crippen LogP) is 4.00. The van der Waals surface area contributed by atoms with Crippen LogP contribution in [0.5, 0.6) is 0 Å². The van der Waals surface area contributed by atoms with Gasteiger partial charge in [0.15, 0.2) is 0 Å². The van der Waals surface area contributed by atoms with E-state index in [1.807, 2.05) is 37.4 Å². The molecule has 1 aromatic carbocycles. The van der Waals surface area contributed by atoms with Crippen molar-refractivity contribution >= 4 is 27.5 Å². The fraction of sp³-hybridized carbons (Fsp3) is 0.214. The van der Waals surface area contributed by atoms with Gasteiger partial charge in [-0.1, -0.05) is 45.7 Å². The predicted molar refractivity (Wildman–Crippen MR) is 78.9 cm³/mol. The van der Waals surface area contributed by atoms with Gasteiger partial charge in [-0.15, -0.1) is 0 Å². The molecule has 1 heterocycles. The summed E-state index contributed by atoms with van der Waals surface area (Å²) in [5.41, 5.74) is 2.12. The molecule has 0 fully saturated rings. The SMILES string of the molecule is CNC(Cc1ccccc1Br)c1ncccc1Cl. The molecule has 0 bridgehead atoms. The van der Waals surface area contributed by atoms with E-state index in [-0.39, 0.29) is 6.04 Å². The molecule has 2 rings (SSSR count). The molecule has 1 aromatic heterocycles. The molecule has 0 amide bonds. The van der Waals surface area contributed by atoms with E-state index >= 15 is 0 Å². The van der Waals surface area contributed by atoms with Crippen LogP contribution in [0, 0.1) is 0 Å². The molecule has 2 aromatic rings. The average molecular weight is 326 g/mol. The summed E-state index contributed by atoms with van der Waals surface area (Å²) in [5.74, 6) is 0. The Balaban J connectivity index is 2.26. The van der Waals surface area contributed by atoms with E-state index < -0.39 is 0 Å². The van der Waals surface area contributed by atoms with Gasteiger partial charge in [-0.3, -0.25) is 4.98 Å². The first kappa shape index (κ1) is 13.5. The molecule has 18 heavy (non-hydrogen) atoms. The topological polar surface area (TPSA) is 24.9 Å². The summed E-state index contributed by atoms with van der Waals surface area (Å²) in [5, 5.41) is 3.97. The number of nitrogens with one attached hydrogen (secondary N) is 1. The third-order valence-corrected chi connectivity index (χ3v) is 3.94. The molecule has 2 nitrogen and oxygen atoms in total. The quantitative estimate of drug-likeness (QED) is 0.919. The number of likely N-dealkylation sites (N-methyl/N-ethyl adjacent to an activating group) is 1. The Kier molecular flexibility index (Phi) is 4.75. The highest BCUT2D eigenvalue weighted by Gasteiger charge is 2.15. The highest BCUT2D eigenvalue weighted by molar-refractivity contribution is 9.10. The molecule has 1 N–H and O–H groups in total. The molecule has 0 radical (unpaired) electrons. The normalized spacial score (nSPS) is 12.4. The van der Waals surface area contributed by atoms with Crippen molar-refractivity contribution in [2.45, 2.75) is 12.5 Å². The van der Waals surface area contributed by atoms with Gasteiger partial charge in [-0.05, 0) is 37.2 Å². The largest absolute Gasteiger partial charge is 0.311 e. The van der Waals surface area contributed by atoms with E-state index in [9.17, 15) is 0 Å². The summed E-state index contributed by atoms with van der Waals surface area (Å²) in [4.78, 5) is 4.37. The second-order valence-corrected chi connectivity index (χ2v) is 5.27. The summed E-state index contributed by atoms with van der Waals surface area (Å²) in [6.07, 6.45) is 2.61. The minimum Gasteiger partial charge on any atom is -0.311 e. The van der Waals surface area contributed by atoms with Gasteiger partial charge in [0.25, 0.3) is 0 Å². The maximum atomic E-state index is 6.19. The lowest BCUT2D eigenvalue weighted by atomic mass is 10.0. The third-order valence-electron chi connectivity index (χ3n) is 2.85. The van der Waals surface area contributed by atoms with Crippen LogP contribution < -0.4 is 5.32 Å². The average Bonchev–Trinajstić information content (AvgIpc) is 2.39. The Bertz CT molecular complexity index is 531. The van der Waals surface area contributed by atoms with Crippen LogP contribution in [-0.2, 0) is 6.42 Å². The summed E-state index contributed by atoms with van der Waals surface area (Å²) in [7, 11) is 1.92. The summed E-state index contributed by atoms with van der Waals surface area (Å²) in [6, 6.07) is 12.0. The van der Waals surface area contributed by atoms with Gasteiger partial charge in [0, 0.05) is 10.7 Å². The van der Waals surface area contributed by atoms with Crippen LogP contribution in [0.3, 0.4) is 0 Å². The lowest BCUT2D eigenvalue weighted by Crippen LogP contribution is -2.20. The van der Waals surface area contributed by atoms with Gasteiger partial charge in [-0.2, -0.15) is 0 Å². The monoisotopic (exact) mass is 324 g/mol. The fourth-order valence-electron chi connectivity index (χ4n) is 1.87. The Labute approximate surface area is 121 Å². The van der Waals surface area contributed by atoms with Gasteiger partial charge >= 0.3 is 0 Å². The summed E-state index contributed by atoms with van der Waals surface area (Å²) < 4.78 is 1.11. The second kappa shape index (κ2) is 6.32. The maximum Gasteiger partial charge on any atom is 0.0762 e. The van der Waals surface area contributed by atoms with Gasteiger partial charge in [0.05, 0.1) is 16.8 Å². The molecule has 1 atom stereocenters. The van der Waals surface area contributed by atoms with Crippen LogP contribution in [0.4, 0.5) is 0 Å². The Morgan fingerprint density at radius 1 is 1.28 bits per heavy atom. The Morgan fingerprint density at radius 2 is 2.06 bits per heavy atom. The second-order valence-electron chi connectivity index (χ2n) is 4.01. The lowest BCUT2D eigenvalue weighted by Gasteiger charge is -2.17. The zero-order chi connectivity index (χ0) is 13.0. The van der Waals surface area contributed by atoms with Crippen molar-refractivity contribution in [3.8, 4) is 0 Å². The highest BCUT2D eigenvalue weighted by Crippen LogP contribution is 2.26. The van der Waals surface area contributed by atoms with Crippen LogP contribution in [0.1, 0.15) is 17.3 Å². The van der Waals surface area contributed by atoms with Crippen molar-refractivity contribution in [3.63, 3.8) is 0 Å². The first-order chi connectivity index (χ1) is 8.72. The molecule has 0 aliphatic heterocycles. The number of nitrogens with zero attached hydrogens (tertiary/aromatic N) is 1. The molecule has 0 saturated carbocycles. The van der Waals surface area contributed by atoms with Crippen molar-refractivity contribution in [3.05, 3.63) is 63.3 Å². The molecular formula is C14H14BrClN2. The van der Waals surface area contributed by atoms with Crippen molar-refractivity contribution in [2.24, 2.45) is 0 Å². The van der Waals surface area contributed by atoms with Gasteiger partial charge in [0.1, 0.15) is 0 Å². The zero-order valence-corrected chi connectivity index (χ0v) is 12.4. The zero-order valence-electron chi connectivity index (χ0n) is 10.0. The number of benzene rings is 1. The van der Waals surface area contributed by atoms with Gasteiger partial charge in [-0.25, -0.2) is 0 Å². The number of hydrogen-bond donors (Lipinski definition) is 1. The summed E-state index contributed by atoms with van der Waals surface area (Å²) in [6.45, 7) is 0. The smallest absolute Gasteiger partial charge is 0.0762 e. The molecule has 1 unspecified atom stereocenters. The van der Waals surface area contributed by atoms with Crippen LogP contribution >= 0.6 is 27.5 Å². The van der Waals surface area contributed by atoms with E-state index in [4.69, 9.17) is 11.6 Å². The van der Waals surface area contributed by atoms with Crippen LogP contribution in [-0.4, -0.2) is 12.0 Å². The number of rotatable bonds is 4. The Hall–Kier alpha value is -0.900. The lowest BCUT2D eigenvalue weighted by molar-refractivity contribution is 0.575. The number of halogens is 2. The molecule has 0 aliphatic rings. The van der Waals surface area contributed by atoms with Gasteiger partial charge in [0.2, 0.25) is 0 Å². The number of hydrogen-bond acceptors (Lipinski definition) is 2. The van der Waals surface area contributed by atoms with Crippen molar-refractivity contribution in [2.75, 3.05) is 7.05 Å². The Morgan fingerprint density at radius 3 is 2.72 bits per heavy atom. The number of aromatic nitrogens is 1. The standard InChI is InChI=1S/C14H14BrClN2/c1-17-13(14-12(16)7-4-8-18-14)9-10-5-2-3-6-11(10)15/h2-8,13,17H,9H2,1H3. The maximum absolute atomic E-state index is 6.19. The highest BCUT2D eigenvalue weighted by atomic mass is 79.9. The minimum atomic E-state index is 0.109. The third kappa shape index (κ3) is 3.10. The fourth-order valence-corrected chi connectivity index (χ4v) is 2.57. The van der Waals surface area contributed by atoms with Crippen LogP contribution in [0.2, 0.25) is 5.02 Å². The summed E-state index contributed by atoms with van der Waals surface area (Å²) >= 11 is 9.75. The molecule has 0 spiro atoms. The first-order valence-corrected chi connectivity index (χ1v) is 6.90. The van der Waals surface area contributed by atoms with E-state index in [0.29, 0.717) is 5.02 Å². The van der Waals surface area contributed by atoms with E-state index in [2.05, 4.69) is 32.3 Å². The minimum absolute atomic E-state index is 0.109. The first-order valence-electron chi connectivity index (χ1n) is 5.73. The molecule has 4 heteroatoms.